The molecule has 0 aliphatic heterocycles. The number of nitro benzene ring substituents is 1. The van der Waals surface area contributed by atoms with Gasteiger partial charge in [0.15, 0.2) is 0 Å². The van der Waals surface area contributed by atoms with Crippen LogP contribution in [-0.4, -0.2) is 22.6 Å². The second-order valence-electron chi connectivity index (χ2n) is 5.85. The smallest absolute Gasteiger partial charge is 0.269 e. The second kappa shape index (κ2) is 8.17. The molecule has 0 heterocycles. The van der Waals surface area contributed by atoms with E-state index < -0.39 is 4.92 Å². The molecule has 1 aliphatic rings. The van der Waals surface area contributed by atoms with Crippen LogP contribution in [0, 0.1) is 16.0 Å². The third kappa shape index (κ3) is 5.02. The molecule has 1 N–H and O–H groups in total. The van der Waals surface area contributed by atoms with Gasteiger partial charge in [-0.25, -0.2) is 0 Å². The van der Waals surface area contributed by atoms with Gasteiger partial charge in [0, 0.05) is 23.9 Å². The van der Waals surface area contributed by atoms with Crippen molar-refractivity contribution in [3.05, 3.63) is 39.9 Å². The number of amides is 1. The number of carbonyl (C=O) groups excluding carboxylic acids is 1. The number of nitrogens with one attached hydrogen (secondary N) is 1. The third-order valence-corrected chi connectivity index (χ3v) is 5.11. The molecule has 5 nitrogen and oxygen atoms in total. The normalized spacial score (nSPS) is 21.3. The summed E-state index contributed by atoms with van der Waals surface area (Å²) in [6.45, 7) is 2.20. The van der Waals surface area contributed by atoms with Crippen LogP contribution in [0.25, 0.3) is 0 Å². The van der Waals surface area contributed by atoms with Crippen LogP contribution in [0.1, 0.15) is 38.2 Å². The van der Waals surface area contributed by atoms with Gasteiger partial charge in [0.25, 0.3) is 5.69 Å². The topological polar surface area (TPSA) is 72.2 Å². The van der Waals surface area contributed by atoms with Crippen molar-refractivity contribution in [3.8, 4) is 0 Å². The molecule has 6 heteroatoms. The van der Waals surface area contributed by atoms with Gasteiger partial charge in [-0.15, -0.1) is 11.8 Å². The Balaban J connectivity index is 1.71. The summed E-state index contributed by atoms with van der Waals surface area (Å²) in [5.41, 5.74) is 1.09. The van der Waals surface area contributed by atoms with E-state index >= 15 is 0 Å². The molecule has 0 unspecified atom stereocenters. The van der Waals surface area contributed by atoms with Gasteiger partial charge in [-0.2, -0.15) is 0 Å². The van der Waals surface area contributed by atoms with E-state index in [4.69, 9.17) is 0 Å². The Bertz CT molecular complexity index is 519. The molecule has 0 spiro atoms. The summed E-state index contributed by atoms with van der Waals surface area (Å²) in [5, 5.41) is 13.7. The zero-order valence-electron chi connectivity index (χ0n) is 12.8. The molecule has 1 amide bonds. The summed E-state index contributed by atoms with van der Waals surface area (Å²) in [6.07, 6.45) is 4.74. The Labute approximate surface area is 135 Å². The predicted molar refractivity (Wildman–Crippen MR) is 88.8 cm³/mol. The first-order chi connectivity index (χ1) is 10.6. The van der Waals surface area contributed by atoms with Crippen molar-refractivity contribution in [2.75, 3.05) is 5.75 Å². The largest absolute Gasteiger partial charge is 0.352 e. The highest BCUT2D eigenvalue weighted by molar-refractivity contribution is 7.99. The van der Waals surface area contributed by atoms with Gasteiger partial charge in [0.2, 0.25) is 5.91 Å². The molecule has 1 aromatic rings. The maximum Gasteiger partial charge on any atom is 0.269 e. The highest BCUT2D eigenvalue weighted by Crippen LogP contribution is 2.24. The molecule has 22 heavy (non-hydrogen) atoms. The lowest BCUT2D eigenvalue weighted by molar-refractivity contribution is -0.384. The zero-order valence-corrected chi connectivity index (χ0v) is 13.6. The minimum atomic E-state index is -0.407. The second-order valence-corrected chi connectivity index (χ2v) is 6.84. The van der Waals surface area contributed by atoms with Crippen LogP contribution in [0.2, 0.25) is 0 Å². The van der Waals surface area contributed by atoms with Crippen LogP contribution in [0.15, 0.2) is 24.3 Å². The van der Waals surface area contributed by atoms with E-state index in [9.17, 15) is 14.9 Å². The number of benzene rings is 1. The predicted octanol–water partition coefficient (Wildman–Crippen LogP) is 3.52. The minimum Gasteiger partial charge on any atom is -0.352 e. The highest BCUT2D eigenvalue weighted by atomic mass is 32.2. The van der Waals surface area contributed by atoms with Crippen molar-refractivity contribution in [1.29, 1.82) is 0 Å². The maximum atomic E-state index is 12.0. The number of nitro groups is 1. The molecule has 120 valence electrons. The fourth-order valence-electron chi connectivity index (χ4n) is 2.75. The first-order valence-electron chi connectivity index (χ1n) is 7.66. The van der Waals surface area contributed by atoms with Crippen LogP contribution in [0.5, 0.6) is 0 Å². The van der Waals surface area contributed by atoms with E-state index in [1.807, 2.05) is 0 Å². The van der Waals surface area contributed by atoms with Gasteiger partial charge in [0.1, 0.15) is 0 Å². The Kier molecular flexibility index (Phi) is 6.24. The molecule has 2 rings (SSSR count). The molecule has 1 aliphatic carbocycles. The molecule has 1 saturated carbocycles. The summed E-state index contributed by atoms with van der Waals surface area (Å²) in [5.74, 6) is 1.77. The standard InChI is InChI=1S/C16H22N2O3S/c1-12-4-2-3-5-15(12)17-16(19)11-22-10-13-6-8-14(9-7-13)18(20)21/h6-9,12,15H,2-5,10-11H2,1H3,(H,17,19)/t12-,15+/m0/s1. The number of thioether (sulfide) groups is 1. The van der Waals surface area contributed by atoms with Gasteiger partial charge < -0.3 is 5.32 Å². The van der Waals surface area contributed by atoms with Crippen molar-refractivity contribution in [2.45, 2.75) is 44.4 Å². The highest BCUT2D eigenvalue weighted by Gasteiger charge is 2.22. The summed E-state index contributed by atoms with van der Waals surface area (Å²) in [6, 6.07) is 6.80. The van der Waals surface area contributed by atoms with Gasteiger partial charge in [0.05, 0.1) is 10.7 Å². The summed E-state index contributed by atoms with van der Waals surface area (Å²) >= 11 is 1.54. The fraction of sp³-hybridized carbons (Fsp3) is 0.562. The molecular formula is C16H22N2O3S. The molecule has 1 fully saturated rings. The molecule has 0 bridgehead atoms. The Morgan fingerprint density at radius 3 is 2.64 bits per heavy atom. The lowest BCUT2D eigenvalue weighted by Gasteiger charge is -2.29. The van der Waals surface area contributed by atoms with Gasteiger partial charge in [-0.1, -0.05) is 31.9 Å². The Morgan fingerprint density at radius 2 is 2.00 bits per heavy atom. The van der Waals surface area contributed by atoms with Crippen molar-refractivity contribution < 1.29 is 9.72 Å². The van der Waals surface area contributed by atoms with Gasteiger partial charge in [-0.3, -0.25) is 14.9 Å². The average Bonchev–Trinajstić information content (AvgIpc) is 2.50. The van der Waals surface area contributed by atoms with Crippen LogP contribution >= 0.6 is 11.8 Å². The van der Waals surface area contributed by atoms with E-state index in [2.05, 4.69) is 12.2 Å². The van der Waals surface area contributed by atoms with Crippen molar-refractivity contribution in [3.63, 3.8) is 0 Å². The third-order valence-electron chi connectivity index (χ3n) is 4.11. The number of hydrogen-bond donors (Lipinski definition) is 1. The van der Waals surface area contributed by atoms with Crippen molar-refractivity contribution in [2.24, 2.45) is 5.92 Å². The van der Waals surface area contributed by atoms with Gasteiger partial charge in [-0.05, 0) is 24.3 Å². The molecule has 0 radical (unpaired) electrons. The van der Waals surface area contributed by atoms with E-state index in [0.29, 0.717) is 23.5 Å². The molecular weight excluding hydrogens is 300 g/mol. The van der Waals surface area contributed by atoms with Crippen molar-refractivity contribution in [1.82, 2.24) is 5.32 Å². The molecule has 2 atom stereocenters. The van der Waals surface area contributed by atoms with E-state index in [0.717, 1.165) is 12.0 Å². The van der Waals surface area contributed by atoms with Crippen molar-refractivity contribution >= 4 is 23.4 Å². The average molecular weight is 322 g/mol. The quantitative estimate of drug-likeness (QED) is 0.642. The summed E-state index contributed by atoms with van der Waals surface area (Å²) in [7, 11) is 0. The number of non-ortho nitro benzene ring substituents is 1. The molecule has 1 aromatic carbocycles. The van der Waals surface area contributed by atoms with Crippen LogP contribution < -0.4 is 5.32 Å². The van der Waals surface area contributed by atoms with Crippen LogP contribution in [-0.2, 0) is 10.5 Å². The summed E-state index contributed by atoms with van der Waals surface area (Å²) < 4.78 is 0. The molecule has 0 aromatic heterocycles. The van der Waals surface area contributed by atoms with E-state index in [-0.39, 0.29) is 11.6 Å². The number of carbonyl (C=O) groups is 1. The van der Waals surface area contributed by atoms with E-state index in [1.54, 1.807) is 12.1 Å². The van der Waals surface area contributed by atoms with Crippen LogP contribution in [0.3, 0.4) is 0 Å². The van der Waals surface area contributed by atoms with Crippen LogP contribution in [0.4, 0.5) is 5.69 Å². The number of hydrogen-bond acceptors (Lipinski definition) is 4. The Hall–Kier alpha value is -1.56. The summed E-state index contributed by atoms with van der Waals surface area (Å²) in [4.78, 5) is 22.1. The fourth-order valence-corrected chi connectivity index (χ4v) is 3.55. The number of rotatable bonds is 6. The zero-order chi connectivity index (χ0) is 15.9. The maximum absolute atomic E-state index is 12.0. The lowest BCUT2D eigenvalue weighted by Crippen LogP contribution is -2.41. The lowest BCUT2D eigenvalue weighted by atomic mass is 9.86. The van der Waals surface area contributed by atoms with E-state index in [1.165, 1.54) is 43.2 Å². The SMILES string of the molecule is C[C@H]1CCCC[C@H]1NC(=O)CSCc1ccc([N+](=O)[O-])cc1. The first-order valence-corrected chi connectivity index (χ1v) is 8.82. The first kappa shape index (κ1) is 16.8. The molecule has 0 saturated heterocycles. The monoisotopic (exact) mass is 322 g/mol. The minimum absolute atomic E-state index is 0.0886. The number of nitrogens with zero attached hydrogens (tertiary/aromatic N) is 1. The van der Waals surface area contributed by atoms with Gasteiger partial charge >= 0.3 is 0 Å². The Morgan fingerprint density at radius 1 is 1.32 bits per heavy atom.